The molecule has 1 aromatic rings. The lowest BCUT2D eigenvalue weighted by molar-refractivity contribution is 0.0751. The highest BCUT2D eigenvalue weighted by Gasteiger charge is 2.26. The number of hydrogen-bond acceptors (Lipinski definition) is 4. The molecule has 0 radical (unpaired) electrons. The summed E-state index contributed by atoms with van der Waals surface area (Å²) in [5, 5.41) is 3.09. The van der Waals surface area contributed by atoms with Crippen LogP contribution in [0.4, 0.5) is 5.82 Å². The number of amides is 1. The summed E-state index contributed by atoms with van der Waals surface area (Å²) in [5.74, 6) is 0.656. The molecule has 0 spiro atoms. The molecule has 110 valence electrons. The largest absolute Gasteiger partial charge is 0.369 e. The summed E-state index contributed by atoms with van der Waals surface area (Å²) in [6, 6.07) is 0. The molecule has 1 amide bonds. The third kappa shape index (κ3) is 3.68. The molecule has 20 heavy (non-hydrogen) atoms. The average Bonchev–Trinajstić information content (AvgIpc) is 2.60. The van der Waals surface area contributed by atoms with E-state index in [4.69, 9.17) is 0 Å². The van der Waals surface area contributed by atoms with Gasteiger partial charge in [0.25, 0.3) is 5.91 Å². The summed E-state index contributed by atoms with van der Waals surface area (Å²) < 4.78 is 0. The molecule has 0 unspecified atom stereocenters. The van der Waals surface area contributed by atoms with Crippen molar-refractivity contribution >= 4 is 11.7 Å². The molecule has 2 heterocycles. The SMILES string of the molecule is CCNc1cncc(C(=O)N2CCCC(C)(C)CC2)n1. The number of carbonyl (C=O) groups is 1. The Balaban J connectivity index is 2.08. The number of nitrogens with zero attached hydrogens (tertiary/aromatic N) is 3. The Hall–Kier alpha value is -1.65. The molecule has 1 aromatic heterocycles. The first kappa shape index (κ1) is 14.8. The normalized spacial score (nSPS) is 18.4. The Morgan fingerprint density at radius 3 is 2.90 bits per heavy atom. The van der Waals surface area contributed by atoms with Crippen LogP contribution in [0.25, 0.3) is 0 Å². The van der Waals surface area contributed by atoms with E-state index < -0.39 is 0 Å². The monoisotopic (exact) mass is 276 g/mol. The van der Waals surface area contributed by atoms with Crippen molar-refractivity contribution in [2.24, 2.45) is 5.41 Å². The van der Waals surface area contributed by atoms with Gasteiger partial charge in [-0.05, 0) is 31.6 Å². The zero-order valence-corrected chi connectivity index (χ0v) is 12.6. The van der Waals surface area contributed by atoms with Gasteiger partial charge in [0.1, 0.15) is 11.5 Å². The van der Waals surface area contributed by atoms with Crippen LogP contribution >= 0.6 is 0 Å². The fourth-order valence-electron chi connectivity index (χ4n) is 2.52. The van der Waals surface area contributed by atoms with Gasteiger partial charge in [-0.2, -0.15) is 0 Å². The molecule has 2 rings (SSSR count). The molecule has 0 bridgehead atoms. The van der Waals surface area contributed by atoms with Crippen LogP contribution in [0, 0.1) is 5.41 Å². The van der Waals surface area contributed by atoms with Crippen LogP contribution in [0.15, 0.2) is 12.4 Å². The van der Waals surface area contributed by atoms with Crippen LogP contribution in [-0.2, 0) is 0 Å². The highest BCUT2D eigenvalue weighted by molar-refractivity contribution is 5.92. The molecular weight excluding hydrogens is 252 g/mol. The Morgan fingerprint density at radius 1 is 1.35 bits per heavy atom. The average molecular weight is 276 g/mol. The van der Waals surface area contributed by atoms with Gasteiger partial charge in [0.15, 0.2) is 0 Å². The standard InChI is InChI=1S/C15H24N4O/c1-4-17-13-11-16-10-12(18-13)14(20)19-8-5-6-15(2,3)7-9-19/h10-11H,4-9H2,1-3H3,(H,17,18). The molecule has 1 aliphatic heterocycles. The van der Waals surface area contributed by atoms with Gasteiger partial charge in [-0.25, -0.2) is 4.98 Å². The van der Waals surface area contributed by atoms with Gasteiger partial charge in [0.05, 0.1) is 12.4 Å². The molecule has 0 aliphatic carbocycles. The number of rotatable bonds is 3. The van der Waals surface area contributed by atoms with E-state index in [0.29, 0.717) is 16.9 Å². The Labute approximate surface area is 120 Å². The van der Waals surface area contributed by atoms with Crippen LogP contribution in [0.2, 0.25) is 0 Å². The lowest BCUT2D eigenvalue weighted by Crippen LogP contribution is -2.33. The minimum absolute atomic E-state index is 0.00467. The summed E-state index contributed by atoms with van der Waals surface area (Å²) in [4.78, 5) is 22.9. The molecule has 5 heteroatoms. The van der Waals surface area contributed by atoms with E-state index in [2.05, 4.69) is 29.1 Å². The highest BCUT2D eigenvalue weighted by Crippen LogP contribution is 2.30. The van der Waals surface area contributed by atoms with Crippen molar-refractivity contribution in [3.8, 4) is 0 Å². The van der Waals surface area contributed by atoms with E-state index in [-0.39, 0.29) is 5.91 Å². The van der Waals surface area contributed by atoms with Gasteiger partial charge in [0.2, 0.25) is 0 Å². The third-order valence-corrected chi connectivity index (χ3v) is 3.84. The van der Waals surface area contributed by atoms with E-state index >= 15 is 0 Å². The molecule has 0 saturated carbocycles. The maximum atomic E-state index is 12.5. The van der Waals surface area contributed by atoms with Crippen molar-refractivity contribution in [3.63, 3.8) is 0 Å². The summed E-state index contributed by atoms with van der Waals surface area (Å²) in [5.41, 5.74) is 0.759. The van der Waals surface area contributed by atoms with Gasteiger partial charge in [0, 0.05) is 19.6 Å². The van der Waals surface area contributed by atoms with Crippen LogP contribution in [0.3, 0.4) is 0 Å². The number of anilines is 1. The molecule has 1 saturated heterocycles. The second-order valence-corrected chi connectivity index (χ2v) is 6.13. The first-order valence-corrected chi connectivity index (χ1v) is 7.37. The van der Waals surface area contributed by atoms with Gasteiger partial charge >= 0.3 is 0 Å². The molecular formula is C15H24N4O. The fraction of sp³-hybridized carbons (Fsp3) is 0.667. The summed E-state index contributed by atoms with van der Waals surface area (Å²) >= 11 is 0. The molecule has 1 fully saturated rings. The predicted octanol–water partition coefficient (Wildman–Crippen LogP) is 2.56. The van der Waals surface area contributed by atoms with E-state index in [9.17, 15) is 4.79 Å². The zero-order valence-electron chi connectivity index (χ0n) is 12.6. The lowest BCUT2D eigenvalue weighted by atomic mass is 9.85. The smallest absolute Gasteiger partial charge is 0.274 e. The van der Waals surface area contributed by atoms with Crippen molar-refractivity contribution in [1.29, 1.82) is 0 Å². The maximum absolute atomic E-state index is 12.5. The minimum atomic E-state index is -0.00467. The van der Waals surface area contributed by atoms with E-state index in [1.54, 1.807) is 12.4 Å². The van der Waals surface area contributed by atoms with Crippen LogP contribution < -0.4 is 5.32 Å². The fourth-order valence-corrected chi connectivity index (χ4v) is 2.52. The van der Waals surface area contributed by atoms with E-state index in [1.165, 1.54) is 6.42 Å². The zero-order chi connectivity index (χ0) is 14.6. The summed E-state index contributed by atoms with van der Waals surface area (Å²) in [6.07, 6.45) is 6.46. The van der Waals surface area contributed by atoms with Crippen molar-refractivity contribution in [2.75, 3.05) is 25.0 Å². The van der Waals surface area contributed by atoms with Crippen LogP contribution in [-0.4, -0.2) is 40.4 Å². The number of hydrogen-bond donors (Lipinski definition) is 1. The number of nitrogens with one attached hydrogen (secondary N) is 1. The molecule has 1 aliphatic rings. The Morgan fingerprint density at radius 2 is 2.15 bits per heavy atom. The molecule has 5 nitrogen and oxygen atoms in total. The third-order valence-electron chi connectivity index (χ3n) is 3.84. The topological polar surface area (TPSA) is 58.1 Å². The number of carbonyl (C=O) groups excluding carboxylic acids is 1. The lowest BCUT2D eigenvalue weighted by Gasteiger charge is -2.23. The van der Waals surface area contributed by atoms with Crippen molar-refractivity contribution < 1.29 is 4.79 Å². The van der Waals surface area contributed by atoms with Crippen LogP contribution in [0.1, 0.15) is 50.5 Å². The highest BCUT2D eigenvalue weighted by atomic mass is 16.2. The maximum Gasteiger partial charge on any atom is 0.274 e. The predicted molar refractivity (Wildman–Crippen MR) is 79.7 cm³/mol. The second kappa shape index (κ2) is 6.20. The number of aromatic nitrogens is 2. The molecule has 0 atom stereocenters. The minimum Gasteiger partial charge on any atom is -0.369 e. The van der Waals surface area contributed by atoms with Gasteiger partial charge in [-0.15, -0.1) is 0 Å². The summed E-state index contributed by atoms with van der Waals surface area (Å²) in [7, 11) is 0. The number of likely N-dealkylation sites (tertiary alicyclic amines) is 1. The van der Waals surface area contributed by atoms with Crippen molar-refractivity contribution in [1.82, 2.24) is 14.9 Å². The van der Waals surface area contributed by atoms with Gasteiger partial charge in [-0.1, -0.05) is 13.8 Å². The Kier molecular flexibility index (Phi) is 4.57. The van der Waals surface area contributed by atoms with Crippen LogP contribution in [0.5, 0.6) is 0 Å². The van der Waals surface area contributed by atoms with E-state index in [0.717, 1.165) is 32.5 Å². The second-order valence-electron chi connectivity index (χ2n) is 6.13. The van der Waals surface area contributed by atoms with Crippen molar-refractivity contribution in [2.45, 2.75) is 40.0 Å². The molecule has 0 aromatic carbocycles. The molecule has 1 N–H and O–H groups in total. The quantitative estimate of drug-likeness (QED) is 0.921. The first-order valence-electron chi connectivity index (χ1n) is 7.37. The van der Waals surface area contributed by atoms with Gasteiger partial charge < -0.3 is 10.2 Å². The van der Waals surface area contributed by atoms with E-state index in [1.807, 2.05) is 11.8 Å². The van der Waals surface area contributed by atoms with Crippen molar-refractivity contribution in [3.05, 3.63) is 18.1 Å². The first-order chi connectivity index (χ1) is 9.52. The summed E-state index contributed by atoms with van der Waals surface area (Å²) in [6.45, 7) is 8.92. The van der Waals surface area contributed by atoms with Gasteiger partial charge in [-0.3, -0.25) is 9.78 Å². The Bertz CT molecular complexity index is 473.